The molecule has 1 heterocycles. The number of anilines is 1. The van der Waals surface area contributed by atoms with Crippen molar-refractivity contribution >= 4 is 11.6 Å². The van der Waals surface area contributed by atoms with Crippen molar-refractivity contribution in [1.29, 1.82) is 0 Å². The summed E-state index contributed by atoms with van der Waals surface area (Å²) in [6.45, 7) is 1.97. The van der Waals surface area contributed by atoms with Gasteiger partial charge in [0.05, 0.1) is 5.56 Å². The van der Waals surface area contributed by atoms with Crippen LogP contribution in [0.5, 0.6) is 5.75 Å². The average Bonchev–Trinajstić information content (AvgIpc) is 2.53. The third kappa shape index (κ3) is 3.26. The summed E-state index contributed by atoms with van der Waals surface area (Å²) >= 11 is 0. The molecule has 3 rings (SSSR count). The number of hydrogen-bond donors (Lipinski definition) is 2. The number of carbonyl (C=O) groups excluding carboxylic acids is 1. The smallest absolute Gasteiger partial charge is 0.406 e. The van der Waals surface area contributed by atoms with Gasteiger partial charge in [-0.25, -0.2) is 0 Å². The van der Waals surface area contributed by atoms with E-state index in [0.29, 0.717) is 22.4 Å². The molecule has 1 aliphatic rings. The first-order valence-electron chi connectivity index (χ1n) is 7.71. The molecule has 0 spiro atoms. The second-order valence-electron chi connectivity index (χ2n) is 6.14. The Bertz CT molecular complexity index is 810. The van der Waals surface area contributed by atoms with Gasteiger partial charge in [0.1, 0.15) is 18.5 Å². The lowest BCUT2D eigenvalue weighted by Crippen LogP contribution is -2.47. The van der Waals surface area contributed by atoms with Crippen molar-refractivity contribution in [2.24, 2.45) is 0 Å². The van der Waals surface area contributed by atoms with E-state index in [1.807, 2.05) is 0 Å². The number of para-hydroxylation sites is 1. The zero-order chi connectivity index (χ0) is 18.4. The predicted octanol–water partition coefficient (Wildman–Crippen LogP) is 4.14. The summed E-state index contributed by atoms with van der Waals surface area (Å²) in [6.07, 6.45) is -5.50. The molecule has 0 bridgehead atoms. The number of amides is 1. The van der Waals surface area contributed by atoms with E-state index in [1.54, 1.807) is 44.2 Å². The molecule has 0 aromatic heterocycles. The quantitative estimate of drug-likeness (QED) is 0.856. The first kappa shape index (κ1) is 17.1. The fourth-order valence-corrected chi connectivity index (χ4v) is 3.06. The molecule has 0 fully saturated rings. The lowest BCUT2D eigenvalue weighted by molar-refractivity contribution is -0.144. The van der Waals surface area contributed by atoms with Crippen molar-refractivity contribution < 1.29 is 23.1 Å². The SMILES string of the molecule is Cc1cc([C@@H]2Nc3ccccc3C(=O)N2CC(F)(F)F)cc(C)c1O. The maximum Gasteiger partial charge on any atom is 0.406 e. The molecule has 132 valence electrons. The van der Waals surface area contributed by atoms with Gasteiger partial charge in [0.2, 0.25) is 0 Å². The summed E-state index contributed by atoms with van der Waals surface area (Å²) in [7, 11) is 0. The van der Waals surface area contributed by atoms with Gasteiger partial charge in [0.25, 0.3) is 5.91 Å². The largest absolute Gasteiger partial charge is 0.507 e. The fraction of sp³-hybridized carbons (Fsp3) is 0.278. The van der Waals surface area contributed by atoms with E-state index in [0.717, 1.165) is 4.90 Å². The zero-order valence-electron chi connectivity index (χ0n) is 13.7. The summed E-state index contributed by atoms with van der Waals surface area (Å²) in [5, 5.41) is 12.9. The number of aromatic hydroxyl groups is 1. The Morgan fingerprint density at radius 2 is 1.76 bits per heavy atom. The molecule has 1 amide bonds. The summed E-state index contributed by atoms with van der Waals surface area (Å²) in [4.78, 5) is 13.4. The normalized spacial score (nSPS) is 17.2. The van der Waals surface area contributed by atoms with Gasteiger partial charge in [-0.05, 0) is 54.8 Å². The van der Waals surface area contributed by atoms with Crippen molar-refractivity contribution in [3.63, 3.8) is 0 Å². The summed E-state index contributed by atoms with van der Waals surface area (Å²) in [5.74, 6) is -0.589. The molecular weight excluding hydrogens is 333 g/mol. The van der Waals surface area contributed by atoms with Crippen molar-refractivity contribution in [2.45, 2.75) is 26.2 Å². The van der Waals surface area contributed by atoms with Crippen LogP contribution in [-0.2, 0) is 0 Å². The molecule has 2 N–H and O–H groups in total. The van der Waals surface area contributed by atoms with Crippen LogP contribution < -0.4 is 5.32 Å². The van der Waals surface area contributed by atoms with Gasteiger partial charge in [-0.2, -0.15) is 13.2 Å². The molecule has 0 saturated carbocycles. The maximum atomic E-state index is 13.0. The third-order valence-electron chi connectivity index (χ3n) is 4.20. The van der Waals surface area contributed by atoms with Crippen LogP contribution in [0.25, 0.3) is 0 Å². The fourth-order valence-electron chi connectivity index (χ4n) is 3.06. The van der Waals surface area contributed by atoms with E-state index in [2.05, 4.69) is 5.32 Å². The highest BCUT2D eigenvalue weighted by atomic mass is 19.4. The number of alkyl halides is 3. The van der Waals surface area contributed by atoms with Gasteiger partial charge in [-0.15, -0.1) is 0 Å². The number of rotatable bonds is 2. The average molecular weight is 350 g/mol. The highest BCUT2D eigenvalue weighted by molar-refractivity contribution is 6.01. The molecule has 1 aliphatic heterocycles. The van der Waals surface area contributed by atoms with Gasteiger partial charge in [-0.3, -0.25) is 4.79 Å². The molecule has 25 heavy (non-hydrogen) atoms. The van der Waals surface area contributed by atoms with Crippen molar-refractivity contribution in [3.8, 4) is 5.75 Å². The van der Waals surface area contributed by atoms with E-state index in [9.17, 15) is 23.1 Å². The second-order valence-corrected chi connectivity index (χ2v) is 6.14. The lowest BCUT2D eigenvalue weighted by atomic mass is 9.99. The molecule has 0 unspecified atom stereocenters. The predicted molar refractivity (Wildman–Crippen MR) is 87.5 cm³/mol. The van der Waals surface area contributed by atoms with E-state index in [1.165, 1.54) is 6.07 Å². The van der Waals surface area contributed by atoms with Gasteiger partial charge < -0.3 is 15.3 Å². The van der Waals surface area contributed by atoms with Crippen LogP contribution >= 0.6 is 0 Å². The summed E-state index contributed by atoms with van der Waals surface area (Å²) in [5.41, 5.74) is 2.25. The first-order chi connectivity index (χ1) is 11.7. The number of phenols is 1. The van der Waals surface area contributed by atoms with Gasteiger partial charge >= 0.3 is 6.18 Å². The third-order valence-corrected chi connectivity index (χ3v) is 4.20. The monoisotopic (exact) mass is 350 g/mol. The lowest BCUT2D eigenvalue weighted by Gasteiger charge is -2.38. The minimum Gasteiger partial charge on any atom is -0.507 e. The van der Waals surface area contributed by atoms with Crippen molar-refractivity contribution in [2.75, 3.05) is 11.9 Å². The van der Waals surface area contributed by atoms with Crippen LogP contribution in [0.4, 0.5) is 18.9 Å². The number of carbonyl (C=O) groups is 1. The van der Waals surface area contributed by atoms with Gasteiger partial charge in [-0.1, -0.05) is 12.1 Å². The minimum absolute atomic E-state index is 0.0913. The number of aryl methyl sites for hydroxylation is 2. The molecule has 0 radical (unpaired) electrons. The minimum atomic E-state index is -4.52. The summed E-state index contributed by atoms with van der Waals surface area (Å²) < 4.78 is 39.1. The number of hydrogen-bond acceptors (Lipinski definition) is 3. The number of nitrogens with zero attached hydrogens (tertiary/aromatic N) is 1. The Hall–Kier alpha value is -2.70. The molecule has 1 atom stereocenters. The number of benzene rings is 2. The van der Waals surface area contributed by atoms with Crippen LogP contribution in [-0.4, -0.2) is 28.6 Å². The van der Waals surface area contributed by atoms with E-state index in [4.69, 9.17) is 0 Å². The molecule has 0 aliphatic carbocycles. The molecule has 2 aromatic carbocycles. The van der Waals surface area contributed by atoms with Crippen LogP contribution in [0.3, 0.4) is 0 Å². The number of phenolic OH excluding ortho intramolecular Hbond substituents is 1. The highest BCUT2D eigenvalue weighted by Crippen LogP contribution is 2.37. The highest BCUT2D eigenvalue weighted by Gasteiger charge is 2.40. The molecule has 7 heteroatoms. The van der Waals surface area contributed by atoms with Crippen LogP contribution in [0.1, 0.15) is 33.2 Å². The Morgan fingerprint density at radius 1 is 1.16 bits per heavy atom. The zero-order valence-corrected chi connectivity index (χ0v) is 13.7. The topological polar surface area (TPSA) is 52.6 Å². The first-order valence-corrected chi connectivity index (χ1v) is 7.71. The van der Waals surface area contributed by atoms with Gasteiger partial charge in [0, 0.05) is 5.69 Å². The number of fused-ring (bicyclic) bond motifs is 1. The molecule has 2 aromatic rings. The molecular formula is C18H17F3N2O2. The Balaban J connectivity index is 2.10. The van der Waals surface area contributed by atoms with Crippen LogP contribution in [0.2, 0.25) is 0 Å². The van der Waals surface area contributed by atoms with E-state index >= 15 is 0 Å². The van der Waals surface area contributed by atoms with E-state index < -0.39 is 24.8 Å². The van der Waals surface area contributed by atoms with E-state index in [-0.39, 0.29) is 11.3 Å². The Morgan fingerprint density at radius 3 is 2.36 bits per heavy atom. The van der Waals surface area contributed by atoms with Crippen LogP contribution in [0.15, 0.2) is 36.4 Å². The number of halogens is 3. The van der Waals surface area contributed by atoms with Gasteiger partial charge in [0.15, 0.2) is 0 Å². The second kappa shape index (κ2) is 5.98. The standard InChI is InChI=1S/C18H17F3N2O2/c1-10-7-12(8-11(2)15(10)24)16-22-14-6-4-3-5-13(14)17(25)23(16)9-18(19,20)21/h3-8,16,22,24H,9H2,1-2H3/t16-/m1/s1. The molecule has 0 saturated heterocycles. The summed E-state index contributed by atoms with van der Waals surface area (Å²) in [6, 6.07) is 9.65. The molecule has 4 nitrogen and oxygen atoms in total. The Kier molecular flexibility index (Phi) is 4.10. The van der Waals surface area contributed by atoms with Crippen molar-refractivity contribution in [1.82, 2.24) is 4.90 Å². The maximum absolute atomic E-state index is 13.0. The van der Waals surface area contributed by atoms with Crippen LogP contribution in [0, 0.1) is 13.8 Å². The number of nitrogens with one attached hydrogen (secondary N) is 1. The van der Waals surface area contributed by atoms with Crippen molar-refractivity contribution in [3.05, 3.63) is 58.7 Å². The Labute approximate surface area is 142 Å².